The Labute approximate surface area is 97.1 Å². The molecular weight excluding hydrogens is 292 g/mol. The predicted octanol–water partition coefficient (Wildman–Crippen LogP) is 4.11. The first-order valence-electron chi connectivity index (χ1n) is 5.38. The molecule has 4 saturated carbocycles. The molecule has 0 aromatic heterocycles. The van der Waals surface area contributed by atoms with Crippen LogP contribution in [0.2, 0.25) is 0 Å². The van der Waals surface area contributed by atoms with Crippen LogP contribution in [-0.4, -0.2) is 8.65 Å². The van der Waals surface area contributed by atoms with E-state index in [1.807, 2.05) is 0 Å². The first-order chi connectivity index (χ1) is 6.00. The number of halogens is 2. The van der Waals surface area contributed by atoms with Crippen LogP contribution in [0.5, 0.6) is 0 Å². The Hall–Kier alpha value is 0.960. The van der Waals surface area contributed by atoms with Crippen LogP contribution in [0.3, 0.4) is 0 Å². The van der Waals surface area contributed by atoms with Gasteiger partial charge in [-0.3, -0.25) is 0 Å². The second kappa shape index (κ2) is 2.55. The minimum Gasteiger partial charge on any atom is -0.0853 e. The Morgan fingerprint density at radius 2 is 1.31 bits per heavy atom. The highest BCUT2D eigenvalue weighted by Gasteiger charge is 2.58. The van der Waals surface area contributed by atoms with Gasteiger partial charge in [-0.25, -0.2) is 0 Å². The number of alkyl halides is 2. The highest BCUT2D eigenvalue weighted by molar-refractivity contribution is 9.10. The molecule has 0 unspecified atom stereocenters. The molecule has 4 fully saturated rings. The minimum absolute atomic E-state index is 0.509. The second-order valence-corrected chi connectivity index (χ2v) is 9.04. The number of hydrogen-bond donors (Lipinski definition) is 0. The van der Waals surface area contributed by atoms with Crippen LogP contribution < -0.4 is 0 Å². The van der Waals surface area contributed by atoms with Crippen molar-refractivity contribution in [3.05, 3.63) is 0 Å². The zero-order valence-electron chi connectivity index (χ0n) is 8.02. The summed E-state index contributed by atoms with van der Waals surface area (Å²) < 4.78 is 1.02. The van der Waals surface area contributed by atoms with E-state index in [1.54, 1.807) is 0 Å². The Kier molecular flexibility index (Phi) is 1.81. The van der Waals surface area contributed by atoms with E-state index in [-0.39, 0.29) is 0 Å². The molecule has 4 aliphatic carbocycles. The van der Waals surface area contributed by atoms with E-state index < -0.39 is 0 Å². The third kappa shape index (κ3) is 1.27. The monoisotopic (exact) mass is 306 g/mol. The summed E-state index contributed by atoms with van der Waals surface area (Å²) in [5.74, 6) is 2.96. The molecule has 0 amide bonds. The molecule has 0 aromatic carbocycles. The van der Waals surface area contributed by atoms with Gasteiger partial charge in [0, 0.05) is 8.65 Å². The third-order valence-corrected chi connectivity index (χ3v) is 6.49. The topological polar surface area (TPSA) is 0 Å². The van der Waals surface area contributed by atoms with Crippen LogP contribution >= 0.6 is 31.9 Å². The van der Waals surface area contributed by atoms with Crippen LogP contribution in [0, 0.1) is 17.8 Å². The van der Waals surface area contributed by atoms with Crippen molar-refractivity contribution in [3.63, 3.8) is 0 Å². The summed E-state index contributed by atoms with van der Waals surface area (Å²) in [6.45, 7) is 2.47. The molecule has 0 atom stereocenters. The number of rotatable bonds is 0. The SMILES string of the molecule is CC1C2CC3(Br)CC1CC(Br)(C2)C3. The number of hydrogen-bond acceptors (Lipinski definition) is 0. The molecular formula is C11H16Br2. The third-order valence-electron chi connectivity index (χ3n) is 4.63. The lowest BCUT2D eigenvalue weighted by Gasteiger charge is -2.61. The van der Waals surface area contributed by atoms with Gasteiger partial charge in [-0.15, -0.1) is 0 Å². The van der Waals surface area contributed by atoms with E-state index >= 15 is 0 Å². The fourth-order valence-corrected chi connectivity index (χ4v) is 7.29. The van der Waals surface area contributed by atoms with E-state index in [1.165, 1.54) is 32.1 Å². The van der Waals surface area contributed by atoms with E-state index in [2.05, 4.69) is 38.8 Å². The van der Waals surface area contributed by atoms with Crippen molar-refractivity contribution >= 4 is 31.9 Å². The highest BCUT2D eigenvalue weighted by atomic mass is 79.9. The molecule has 0 aromatic rings. The van der Waals surface area contributed by atoms with Crippen LogP contribution in [0.1, 0.15) is 39.0 Å². The van der Waals surface area contributed by atoms with Crippen molar-refractivity contribution in [2.75, 3.05) is 0 Å². The molecule has 0 spiro atoms. The van der Waals surface area contributed by atoms with Crippen molar-refractivity contribution < 1.29 is 0 Å². The van der Waals surface area contributed by atoms with Crippen LogP contribution in [0.25, 0.3) is 0 Å². The first-order valence-corrected chi connectivity index (χ1v) is 6.96. The van der Waals surface area contributed by atoms with Gasteiger partial charge in [-0.1, -0.05) is 38.8 Å². The van der Waals surface area contributed by atoms with Crippen molar-refractivity contribution in [1.29, 1.82) is 0 Å². The standard InChI is InChI=1S/C11H16Br2/c1-7-8-2-10(12)4-9(7)5-11(13,3-8)6-10/h7-9H,2-6H2,1H3. The van der Waals surface area contributed by atoms with Gasteiger partial charge < -0.3 is 0 Å². The lowest BCUT2D eigenvalue weighted by molar-refractivity contribution is 0.00892. The molecule has 0 nitrogen and oxygen atoms in total. The summed E-state index contributed by atoms with van der Waals surface area (Å²) in [6, 6.07) is 0. The zero-order valence-corrected chi connectivity index (χ0v) is 11.2. The van der Waals surface area contributed by atoms with Crippen LogP contribution in [0.4, 0.5) is 0 Å². The van der Waals surface area contributed by atoms with E-state index in [9.17, 15) is 0 Å². The molecule has 2 heteroatoms. The molecule has 0 radical (unpaired) electrons. The zero-order chi connectivity index (χ0) is 9.27. The molecule has 4 bridgehead atoms. The molecule has 4 rings (SSSR count). The van der Waals surface area contributed by atoms with Crippen LogP contribution in [0.15, 0.2) is 0 Å². The van der Waals surface area contributed by atoms with Gasteiger partial charge in [0.05, 0.1) is 0 Å². The molecule has 0 aliphatic heterocycles. The lowest BCUT2D eigenvalue weighted by atomic mass is 9.52. The maximum atomic E-state index is 3.99. The van der Waals surface area contributed by atoms with Gasteiger partial charge in [0.1, 0.15) is 0 Å². The van der Waals surface area contributed by atoms with E-state index in [0.29, 0.717) is 8.65 Å². The van der Waals surface area contributed by atoms with Gasteiger partial charge in [0.25, 0.3) is 0 Å². The summed E-state index contributed by atoms with van der Waals surface area (Å²) in [7, 11) is 0. The quantitative estimate of drug-likeness (QED) is 0.591. The lowest BCUT2D eigenvalue weighted by Crippen LogP contribution is -2.56. The largest absolute Gasteiger partial charge is 0.0853 e. The highest BCUT2D eigenvalue weighted by Crippen LogP contribution is 2.65. The van der Waals surface area contributed by atoms with Gasteiger partial charge in [0.15, 0.2) is 0 Å². The maximum Gasteiger partial charge on any atom is 0.0276 e. The van der Waals surface area contributed by atoms with Crippen molar-refractivity contribution in [1.82, 2.24) is 0 Å². The van der Waals surface area contributed by atoms with Gasteiger partial charge >= 0.3 is 0 Å². The smallest absolute Gasteiger partial charge is 0.0276 e. The Morgan fingerprint density at radius 1 is 0.923 bits per heavy atom. The van der Waals surface area contributed by atoms with E-state index in [0.717, 1.165) is 17.8 Å². The van der Waals surface area contributed by atoms with Crippen molar-refractivity contribution in [3.8, 4) is 0 Å². The van der Waals surface area contributed by atoms with Crippen molar-refractivity contribution in [2.24, 2.45) is 17.8 Å². The summed E-state index contributed by atoms with van der Waals surface area (Å²) in [6.07, 6.45) is 7.08. The Balaban J connectivity index is 1.99. The predicted molar refractivity (Wildman–Crippen MR) is 62.5 cm³/mol. The Bertz CT molecular complexity index is 212. The second-order valence-electron chi connectivity index (χ2n) is 5.67. The average molecular weight is 308 g/mol. The molecule has 4 aliphatic rings. The summed E-state index contributed by atoms with van der Waals surface area (Å²) in [4.78, 5) is 0. The Morgan fingerprint density at radius 3 is 1.69 bits per heavy atom. The van der Waals surface area contributed by atoms with E-state index in [4.69, 9.17) is 0 Å². The van der Waals surface area contributed by atoms with Gasteiger partial charge in [-0.05, 0) is 49.9 Å². The average Bonchev–Trinajstić information content (AvgIpc) is 1.94. The molecule has 13 heavy (non-hydrogen) atoms. The first kappa shape index (κ1) is 9.21. The van der Waals surface area contributed by atoms with Gasteiger partial charge in [0.2, 0.25) is 0 Å². The van der Waals surface area contributed by atoms with Gasteiger partial charge in [-0.2, -0.15) is 0 Å². The molecule has 74 valence electrons. The molecule has 0 saturated heterocycles. The minimum atomic E-state index is 0.509. The fraction of sp³-hybridized carbons (Fsp3) is 1.00. The summed E-state index contributed by atoms with van der Waals surface area (Å²) in [5.41, 5.74) is 0. The van der Waals surface area contributed by atoms with Crippen molar-refractivity contribution in [2.45, 2.75) is 47.7 Å². The maximum absolute atomic E-state index is 3.99. The fourth-order valence-electron chi connectivity index (χ4n) is 4.18. The normalized spacial score (nSPS) is 64.4. The van der Waals surface area contributed by atoms with Crippen LogP contribution in [-0.2, 0) is 0 Å². The molecule has 0 N–H and O–H groups in total. The summed E-state index contributed by atoms with van der Waals surface area (Å²) in [5, 5.41) is 0. The molecule has 0 heterocycles. The summed E-state index contributed by atoms with van der Waals surface area (Å²) >= 11 is 7.98.